The molecular formula is C28H32F3N3O7S. The quantitative estimate of drug-likeness (QED) is 0.453. The SMILES string of the molecule is COc1ccc(C23CCC(NC(=O)Nc4ccc5c(c4)S(=O)(=O)C=C5)CC2N(C)CC3)cc1OC.O=C(O)C(F)(F)F. The summed E-state index contributed by atoms with van der Waals surface area (Å²) in [7, 11) is 2.02. The van der Waals surface area contributed by atoms with Crippen molar-refractivity contribution in [3.05, 3.63) is 52.9 Å². The van der Waals surface area contributed by atoms with E-state index in [2.05, 4.69) is 34.7 Å². The molecule has 2 aromatic rings. The molecule has 42 heavy (non-hydrogen) atoms. The number of carbonyl (C=O) groups is 2. The molecule has 3 aliphatic rings. The van der Waals surface area contributed by atoms with Crippen molar-refractivity contribution in [3.8, 4) is 11.5 Å². The Kier molecular flexibility index (Phi) is 8.78. The third-order valence-electron chi connectivity index (χ3n) is 8.07. The Morgan fingerprint density at radius 1 is 1.07 bits per heavy atom. The van der Waals surface area contributed by atoms with Crippen LogP contribution in [0.25, 0.3) is 6.08 Å². The standard InChI is InChI=1S/C26H31N3O5S.C2HF3O2/c1-29-12-11-26(18-5-7-21(33-2)22(14-18)34-3)10-8-20(16-24(26)29)28-25(30)27-19-6-4-17-9-13-35(31,32)23(17)15-19;3-2(4,5)1(6)7/h4-7,9,13-15,20,24H,8,10-12,16H2,1-3H3,(H2,27,28,30);(H,6,7). The van der Waals surface area contributed by atoms with Crippen LogP contribution in [0.2, 0.25) is 0 Å². The van der Waals surface area contributed by atoms with Crippen molar-refractivity contribution in [2.45, 2.75) is 54.3 Å². The molecule has 3 unspecified atom stereocenters. The molecule has 2 fully saturated rings. The van der Waals surface area contributed by atoms with Gasteiger partial charge in [-0.3, -0.25) is 0 Å². The molecule has 0 radical (unpaired) electrons. The number of sulfone groups is 1. The average molecular weight is 612 g/mol. The molecule has 0 bridgehead atoms. The number of rotatable bonds is 5. The molecule has 2 aromatic carbocycles. The molecule has 3 atom stereocenters. The van der Waals surface area contributed by atoms with Crippen molar-refractivity contribution in [2.75, 3.05) is 33.1 Å². The number of amides is 2. The highest BCUT2D eigenvalue weighted by molar-refractivity contribution is 7.94. The van der Waals surface area contributed by atoms with Gasteiger partial charge in [-0.2, -0.15) is 13.2 Å². The fraction of sp³-hybridized carbons (Fsp3) is 0.429. The molecule has 1 saturated heterocycles. The number of urea groups is 1. The van der Waals surface area contributed by atoms with Gasteiger partial charge in [-0.25, -0.2) is 18.0 Å². The molecule has 2 aliphatic heterocycles. The smallest absolute Gasteiger partial charge is 0.490 e. The number of hydrogen-bond donors (Lipinski definition) is 3. The summed E-state index contributed by atoms with van der Waals surface area (Å²) in [4.78, 5) is 24.3. The monoisotopic (exact) mass is 611 g/mol. The van der Waals surface area contributed by atoms with Crippen LogP contribution in [-0.4, -0.2) is 76.5 Å². The number of benzene rings is 2. The fourth-order valence-electron chi connectivity index (χ4n) is 5.98. The van der Waals surface area contributed by atoms with Crippen LogP contribution in [0.3, 0.4) is 0 Å². The number of ether oxygens (including phenoxy) is 2. The van der Waals surface area contributed by atoms with Crippen molar-refractivity contribution in [1.29, 1.82) is 0 Å². The molecule has 1 saturated carbocycles. The van der Waals surface area contributed by atoms with E-state index in [0.717, 1.165) is 43.7 Å². The van der Waals surface area contributed by atoms with E-state index in [1.807, 2.05) is 6.07 Å². The highest BCUT2D eigenvalue weighted by Gasteiger charge is 2.50. The van der Waals surface area contributed by atoms with Crippen molar-refractivity contribution >= 4 is 33.6 Å². The van der Waals surface area contributed by atoms with Crippen LogP contribution in [0.1, 0.15) is 36.8 Å². The maximum absolute atomic E-state index is 12.8. The molecule has 10 nitrogen and oxygen atoms in total. The fourth-order valence-corrected chi connectivity index (χ4v) is 7.21. The number of methoxy groups -OCH3 is 2. The minimum Gasteiger partial charge on any atom is -0.493 e. The summed E-state index contributed by atoms with van der Waals surface area (Å²) in [5, 5.41) is 14.2. The third kappa shape index (κ3) is 6.33. The normalized spacial score (nSPS) is 24.0. The third-order valence-corrected chi connectivity index (χ3v) is 9.53. The van der Waals surface area contributed by atoms with E-state index in [0.29, 0.717) is 11.3 Å². The number of nitrogens with one attached hydrogen (secondary N) is 2. The maximum atomic E-state index is 12.8. The van der Waals surface area contributed by atoms with Gasteiger partial charge in [-0.1, -0.05) is 12.1 Å². The van der Waals surface area contributed by atoms with Gasteiger partial charge in [0.2, 0.25) is 9.84 Å². The van der Waals surface area contributed by atoms with Crippen LogP contribution in [0.15, 0.2) is 46.7 Å². The Morgan fingerprint density at radius 3 is 2.40 bits per heavy atom. The van der Waals surface area contributed by atoms with E-state index in [-0.39, 0.29) is 28.4 Å². The molecule has 2 heterocycles. The lowest BCUT2D eigenvalue weighted by molar-refractivity contribution is -0.192. The number of likely N-dealkylation sites (N-methyl/N-ethyl adjacent to an activating group) is 1. The Hall–Kier alpha value is -3.78. The highest BCUT2D eigenvalue weighted by Crippen LogP contribution is 2.50. The summed E-state index contributed by atoms with van der Waals surface area (Å²) in [6.07, 6.45) is 0.181. The van der Waals surface area contributed by atoms with Crippen LogP contribution >= 0.6 is 0 Å². The summed E-state index contributed by atoms with van der Waals surface area (Å²) < 4.78 is 67.0. The Bertz CT molecular complexity index is 1500. The second kappa shape index (κ2) is 11.8. The summed E-state index contributed by atoms with van der Waals surface area (Å²) >= 11 is 0. The Labute approximate surface area is 241 Å². The number of carbonyl (C=O) groups excluding carboxylic acids is 1. The van der Waals surface area contributed by atoms with E-state index in [4.69, 9.17) is 19.4 Å². The van der Waals surface area contributed by atoms with Crippen LogP contribution in [0, 0.1) is 0 Å². The molecule has 2 amide bonds. The van der Waals surface area contributed by atoms with Gasteiger partial charge in [-0.05, 0) is 80.7 Å². The van der Waals surface area contributed by atoms with E-state index >= 15 is 0 Å². The van der Waals surface area contributed by atoms with Crippen LogP contribution in [0.4, 0.5) is 23.7 Å². The number of carboxylic acids is 1. The van der Waals surface area contributed by atoms with E-state index in [9.17, 15) is 26.4 Å². The van der Waals surface area contributed by atoms with Crippen molar-refractivity contribution in [3.63, 3.8) is 0 Å². The number of nitrogens with zero attached hydrogens (tertiary/aromatic N) is 1. The predicted octanol–water partition coefficient (Wildman–Crippen LogP) is 4.41. The summed E-state index contributed by atoms with van der Waals surface area (Å²) in [6.45, 7) is 0.996. The summed E-state index contributed by atoms with van der Waals surface area (Å²) in [5.74, 6) is -1.30. The first-order valence-electron chi connectivity index (χ1n) is 13.1. The van der Waals surface area contributed by atoms with Gasteiger partial charge in [0, 0.05) is 28.6 Å². The number of alkyl halides is 3. The van der Waals surface area contributed by atoms with Crippen LogP contribution < -0.4 is 20.1 Å². The zero-order chi connectivity index (χ0) is 30.9. The lowest BCUT2D eigenvalue weighted by atomic mass is 9.65. The zero-order valence-corrected chi connectivity index (χ0v) is 24.0. The first-order valence-corrected chi connectivity index (χ1v) is 14.6. The number of halogens is 3. The summed E-state index contributed by atoms with van der Waals surface area (Å²) in [5.41, 5.74) is 2.35. The molecule has 0 aromatic heterocycles. The van der Waals surface area contributed by atoms with Gasteiger partial charge in [0.05, 0.1) is 19.1 Å². The van der Waals surface area contributed by atoms with Crippen molar-refractivity contribution < 1.29 is 45.8 Å². The number of carboxylic acid groups (broad SMARTS) is 1. The topological polar surface area (TPSA) is 134 Å². The van der Waals surface area contributed by atoms with Gasteiger partial charge in [0.1, 0.15) is 0 Å². The Balaban J connectivity index is 0.000000517. The Morgan fingerprint density at radius 2 is 1.76 bits per heavy atom. The molecule has 0 spiro atoms. The van der Waals surface area contributed by atoms with E-state index in [1.165, 1.54) is 17.0 Å². The van der Waals surface area contributed by atoms with Gasteiger partial charge < -0.3 is 30.1 Å². The predicted molar refractivity (Wildman–Crippen MR) is 148 cm³/mol. The highest BCUT2D eigenvalue weighted by atomic mass is 32.2. The van der Waals surface area contributed by atoms with E-state index < -0.39 is 22.0 Å². The van der Waals surface area contributed by atoms with Crippen molar-refractivity contribution in [1.82, 2.24) is 10.2 Å². The largest absolute Gasteiger partial charge is 0.493 e. The molecule has 14 heteroatoms. The molecular weight excluding hydrogens is 579 g/mol. The lowest BCUT2D eigenvalue weighted by Gasteiger charge is -2.45. The van der Waals surface area contributed by atoms with Gasteiger partial charge in [0.25, 0.3) is 0 Å². The van der Waals surface area contributed by atoms with Crippen molar-refractivity contribution in [2.24, 2.45) is 0 Å². The number of hydrogen-bond acceptors (Lipinski definition) is 7. The number of anilines is 1. The zero-order valence-electron chi connectivity index (χ0n) is 23.2. The molecule has 228 valence electrons. The van der Waals surface area contributed by atoms with E-state index in [1.54, 1.807) is 32.4 Å². The average Bonchev–Trinajstić information content (AvgIpc) is 3.44. The molecule has 1 aliphatic carbocycles. The number of fused-ring (bicyclic) bond motifs is 2. The first kappa shape index (κ1) is 31.2. The summed E-state index contributed by atoms with van der Waals surface area (Å²) in [6, 6.07) is 11.1. The molecule has 3 N–H and O–H groups in total. The van der Waals surface area contributed by atoms with Gasteiger partial charge in [0.15, 0.2) is 11.5 Å². The minimum atomic E-state index is -5.08. The lowest BCUT2D eigenvalue weighted by Crippen LogP contribution is -2.52. The van der Waals surface area contributed by atoms with Gasteiger partial charge >= 0.3 is 18.2 Å². The number of aliphatic carboxylic acids is 1. The number of likely N-dealkylation sites (tertiary alicyclic amines) is 1. The van der Waals surface area contributed by atoms with Gasteiger partial charge in [-0.15, -0.1) is 0 Å². The maximum Gasteiger partial charge on any atom is 0.490 e. The first-order chi connectivity index (χ1) is 19.7. The minimum absolute atomic E-state index is 0.00427. The van der Waals surface area contributed by atoms with Crippen LogP contribution in [-0.2, 0) is 20.0 Å². The second-order valence-electron chi connectivity index (χ2n) is 10.4. The second-order valence-corrected chi connectivity index (χ2v) is 12.2. The molecule has 5 rings (SSSR count). The van der Waals surface area contributed by atoms with Crippen LogP contribution in [0.5, 0.6) is 11.5 Å².